The van der Waals surface area contributed by atoms with E-state index in [1.165, 1.54) is 4.90 Å². The van der Waals surface area contributed by atoms with Crippen LogP contribution in [0.25, 0.3) is 0 Å². The lowest BCUT2D eigenvalue weighted by molar-refractivity contribution is -0.170. The number of fused-ring (bicyclic) bond motifs is 1. The molecule has 1 saturated heterocycles. The first-order chi connectivity index (χ1) is 11.8. The van der Waals surface area contributed by atoms with Crippen LogP contribution in [-0.2, 0) is 24.9 Å². The fourth-order valence-electron chi connectivity index (χ4n) is 3.60. The Hall–Kier alpha value is -2.29. The normalized spacial score (nSPS) is 22.6. The predicted octanol–water partition coefficient (Wildman–Crippen LogP) is 0.959. The summed E-state index contributed by atoms with van der Waals surface area (Å²) < 4.78 is 29.9. The van der Waals surface area contributed by atoms with Crippen LogP contribution in [0.1, 0.15) is 23.1 Å². The molecule has 9 heteroatoms. The molecule has 1 atom stereocenters. The van der Waals surface area contributed by atoms with E-state index in [9.17, 15) is 13.6 Å². The molecule has 0 spiro atoms. The highest BCUT2D eigenvalue weighted by atomic mass is 19.3. The smallest absolute Gasteiger partial charge is 0.282 e. The van der Waals surface area contributed by atoms with E-state index in [4.69, 9.17) is 0 Å². The Morgan fingerprint density at radius 1 is 1.40 bits per heavy atom. The highest BCUT2D eigenvalue weighted by molar-refractivity contribution is 5.82. The SMILES string of the molecule is Cc1cc(CN2Cc3cncn3[C@@H](C(=O)N3CC(F)(F)C3)C2)n(C)n1. The fourth-order valence-corrected chi connectivity index (χ4v) is 3.60. The lowest BCUT2D eigenvalue weighted by Gasteiger charge is -2.42. The Balaban J connectivity index is 1.53. The third-order valence-electron chi connectivity index (χ3n) is 4.82. The van der Waals surface area contributed by atoms with Gasteiger partial charge in [0.1, 0.15) is 6.04 Å². The van der Waals surface area contributed by atoms with Crippen LogP contribution in [0, 0.1) is 6.92 Å². The summed E-state index contributed by atoms with van der Waals surface area (Å²) in [4.78, 5) is 20.2. The van der Waals surface area contributed by atoms with Gasteiger partial charge in [-0.2, -0.15) is 5.10 Å². The first kappa shape index (κ1) is 16.2. The third kappa shape index (κ3) is 2.92. The van der Waals surface area contributed by atoms with Crippen molar-refractivity contribution < 1.29 is 13.6 Å². The maximum atomic E-state index is 13.1. The average Bonchev–Trinajstić information content (AvgIpc) is 3.09. The zero-order chi connectivity index (χ0) is 17.8. The highest BCUT2D eigenvalue weighted by Gasteiger charge is 2.48. The van der Waals surface area contributed by atoms with Crippen molar-refractivity contribution in [3.05, 3.63) is 35.7 Å². The van der Waals surface area contributed by atoms with Gasteiger partial charge in [-0.25, -0.2) is 13.8 Å². The van der Waals surface area contributed by atoms with Crippen molar-refractivity contribution in [2.75, 3.05) is 19.6 Å². The van der Waals surface area contributed by atoms with E-state index in [1.807, 2.05) is 29.3 Å². The number of carbonyl (C=O) groups excluding carboxylic acids is 1. The van der Waals surface area contributed by atoms with E-state index < -0.39 is 25.1 Å². The number of rotatable bonds is 3. The number of carbonyl (C=O) groups is 1. The van der Waals surface area contributed by atoms with Gasteiger partial charge in [0.05, 0.1) is 36.5 Å². The second-order valence-electron chi connectivity index (χ2n) is 6.93. The van der Waals surface area contributed by atoms with Gasteiger partial charge in [0.2, 0.25) is 5.91 Å². The van der Waals surface area contributed by atoms with Gasteiger partial charge in [-0.15, -0.1) is 0 Å². The molecule has 1 amide bonds. The lowest BCUT2D eigenvalue weighted by Crippen LogP contribution is -2.61. The summed E-state index contributed by atoms with van der Waals surface area (Å²) in [5, 5.41) is 4.35. The molecule has 1 fully saturated rings. The number of aryl methyl sites for hydroxylation is 2. The molecule has 0 unspecified atom stereocenters. The van der Waals surface area contributed by atoms with E-state index in [1.54, 1.807) is 12.5 Å². The molecule has 0 radical (unpaired) electrons. The van der Waals surface area contributed by atoms with Gasteiger partial charge in [-0.1, -0.05) is 0 Å². The summed E-state index contributed by atoms with van der Waals surface area (Å²) in [6, 6.07) is 1.50. The van der Waals surface area contributed by atoms with E-state index in [0.717, 1.165) is 17.1 Å². The predicted molar refractivity (Wildman–Crippen MR) is 84.9 cm³/mol. The van der Waals surface area contributed by atoms with E-state index >= 15 is 0 Å². The molecule has 0 aromatic carbocycles. The van der Waals surface area contributed by atoms with Gasteiger partial charge < -0.3 is 9.47 Å². The Kier molecular flexibility index (Phi) is 3.64. The van der Waals surface area contributed by atoms with Gasteiger partial charge in [0.25, 0.3) is 5.92 Å². The number of alkyl halides is 2. The quantitative estimate of drug-likeness (QED) is 0.827. The van der Waals surface area contributed by atoms with Crippen molar-refractivity contribution in [3.63, 3.8) is 0 Å². The molecule has 0 N–H and O–H groups in total. The second kappa shape index (κ2) is 5.62. The number of amides is 1. The van der Waals surface area contributed by atoms with Crippen LogP contribution < -0.4 is 0 Å². The average molecular weight is 350 g/mol. The van der Waals surface area contributed by atoms with Crippen molar-refractivity contribution in [3.8, 4) is 0 Å². The highest BCUT2D eigenvalue weighted by Crippen LogP contribution is 2.31. The van der Waals surface area contributed by atoms with Gasteiger partial charge >= 0.3 is 0 Å². The van der Waals surface area contributed by atoms with Gasteiger partial charge in [0, 0.05) is 32.9 Å². The summed E-state index contributed by atoms with van der Waals surface area (Å²) in [7, 11) is 1.89. The minimum atomic E-state index is -2.76. The Labute approximate surface area is 143 Å². The molecular weight excluding hydrogens is 330 g/mol. The molecule has 134 valence electrons. The maximum absolute atomic E-state index is 13.1. The maximum Gasteiger partial charge on any atom is 0.282 e. The van der Waals surface area contributed by atoms with Crippen LogP contribution in [-0.4, -0.2) is 60.6 Å². The molecule has 0 saturated carbocycles. The molecule has 4 heterocycles. The summed E-state index contributed by atoms with van der Waals surface area (Å²) in [5.41, 5.74) is 2.90. The van der Waals surface area contributed by atoms with Crippen LogP contribution in [0.5, 0.6) is 0 Å². The number of hydrogen-bond acceptors (Lipinski definition) is 4. The lowest BCUT2D eigenvalue weighted by atomic mass is 10.1. The minimum absolute atomic E-state index is 0.268. The Bertz CT molecular complexity index is 805. The number of hydrogen-bond donors (Lipinski definition) is 0. The summed E-state index contributed by atoms with van der Waals surface area (Å²) in [5.74, 6) is -3.02. The summed E-state index contributed by atoms with van der Waals surface area (Å²) in [6.07, 6.45) is 3.34. The van der Waals surface area contributed by atoms with Crippen LogP contribution >= 0.6 is 0 Å². The van der Waals surface area contributed by atoms with Crippen molar-refractivity contribution >= 4 is 5.91 Å². The van der Waals surface area contributed by atoms with Crippen LogP contribution in [0.4, 0.5) is 8.78 Å². The molecule has 4 rings (SSSR count). The standard InChI is InChI=1S/C16H20F2N6O/c1-11-3-12(21(2)20-11)5-22-6-13-4-19-10-24(13)14(7-22)15(25)23-8-16(17,18)9-23/h3-4,10,14H,5-9H2,1-2H3/t14-/m1/s1. The van der Waals surface area contributed by atoms with E-state index in [0.29, 0.717) is 19.6 Å². The second-order valence-corrected chi connectivity index (χ2v) is 6.93. The number of aromatic nitrogens is 4. The third-order valence-corrected chi connectivity index (χ3v) is 4.82. The van der Waals surface area contributed by atoms with E-state index in [-0.39, 0.29) is 5.91 Å². The molecule has 2 aromatic rings. The minimum Gasteiger partial charge on any atom is -0.329 e. The first-order valence-corrected chi connectivity index (χ1v) is 8.21. The largest absolute Gasteiger partial charge is 0.329 e. The Morgan fingerprint density at radius 3 is 2.80 bits per heavy atom. The van der Waals surface area contributed by atoms with Gasteiger partial charge in [-0.05, 0) is 13.0 Å². The molecule has 2 aromatic heterocycles. The number of halogens is 2. The molecule has 25 heavy (non-hydrogen) atoms. The molecule has 0 aliphatic carbocycles. The Morgan fingerprint density at radius 2 is 2.16 bits per heavy atom. The summed E-state index contributed by atoms with van der Waals surface area (Å²) in [6.45, 7) is 2.72. The van der Waals surface area contributed by atoms with Crippen molar-refractivity contribution in [1.82, 2.24) is 29.1 Å². The zero-order valence-electron chi connectivity index (χ0n) is 14.2. The monoisotopic (exact) mass is 350 g/mol. The van der Waals surface area contributed by atoms with Crippen molar-refractivity contribution in [2.45, 2.75) is 32.0 Å². The number of likely N-dealkylation sites (tertiary alicyclic amines) is 1. The molecule has 2 aliphatic rings. The zero-order valence-corrected chi connectivity index (χ0v) is 14.2. The van der Waals surface area contributed by atoms with E-state index in [2.05, 4.69) is 15.0 Å². The molecule has 2 aliphatic heterocycles. The van der Waals surface area contributed by atoms with Crippen molar-refractivity contribution in [1.29, 1.82) is 0 Å². The van der Waals surface area contributed by atoms with Gasteiger partial charge in [0.15, 0.2) is 0 Å². The summed E-state index contributed by atoms with van der Waals surface area (Å²) >= 11 is 0. The van der Waals surface area contributed by atoms with Crippen LogP contribution in [0.2, 0.25) is 0 Å². The topological polar surface area (TPSA) is 59.2 Å². The number of nitrogens with zero attached hydrogens (tertiary/aromatic N) is 6. The molecule has 7 nitrogen and oxygen atoms in total. The molecule has 0 bridgehead atoms. The first-order valence-electron chi connectivity index (χ1n) is 8.21. The number of imidazole rings is 1. The van der Waals surface area contributed by atoms with Crippen molar-refractivity contribution in [2.24, 2.45) is 7.05 Å². The fraction of sp³-hybridized carbons (Fsp3) is 0.562. The van der Waals surface area contributed by atoms with Crippen LogP contribution in [0.3, 0.4) is 0 Å². The van der Waals surface area contributed by atoms with Crippen LogP contribution in [0.15, 0.2) is 18.6 Å². The molecular formula is C16H20F2N6O. The van der Waals surface area contributed by atoms with Gasteiger partial charge in [-0.3, -0.25) is 14.4 Å².